The number of hydrazine groups is 1. The van der Waals surface area contributed by atoms with Gasteiger partial charge in [0.05, 0.1) is 0 Å². The van der Waals surface area contributed by atoms with E-state index in [1.165, 1.54) is 32.3 Å². The van der Waals surface area contributed by atoms with Gasteiger partial charge < -0.3 is 0 Å². The summed E-state index contributed by atoms with van der Waals surface area (Å²) in [6.07, 6.45) is 0.315. The van der Waals surface area contributed by atoms with Crippen LogP contribution in [0.25, 0.3) is 0 Å². The first-order valence-electron chi connectivity index (χ1n) is 6.30. The molecule has 1 heterocycles. The molecule has 9 nitrogen and oxygen atoms in total. The maximum absolute atomic E-state index is 13.8. The Morgan fingerprint density at radius 1 is 1.30 bits per heavy atom. The van der Waals surface area contributed by atoms with E-state index < -0.39 is 37.5 Å². The molecule has 0 aliphatic carbocycles. The average Bonchev–Trinajstić information content (AvgIpc) is 2.87. The van der Waals surface area contributed by atoms with Crippen molar-refractivity contribution in [2.75, 3.05) is 14.1 Å². The second-order valence-corrected chi connectivity index (χ2v) is 8.82. The number of nitrogens with one attached hydrogen (secondary N) is 1. The Morgan fingerprint density at radius 2 is 1.91 bits per heavy atom. The van der Waals surface area contributed by atoms with E-state index in [1.54, 1.807) is 0 Å². The molecular formula is C11H16FN5O4S2. The summed E-state index contributed by atoms with van der Waals surface area (Å²) in [6, 6.07) is 5.47. The summed E-state index contributed by atoms with van der Waals surface area (Å²) >= 11 is 0. The molecule has 1 aliphatic heterocycles. The number of aliphatic imine (C=N–C) groups is 1. The third-order valence-electron chi connectivity index (χ3n) is 3.22. The smallest absolute Gasteiger partial charge is 0.232 e. The van der Waals surface area contributed by atoms with Gasteiger partial charge in [0.15, 0.2) is 0 Å². The first-order valence-corrected chi connectivity index (χ1v) is 9.25. The number of nitrogens with zero attached hydrogens (tertiary/aromatic N) is 3. The predicted octanol–water partition coefficient (Wildman–Crippen LogP) is -1.03. The van der Waals surface area contributed by atoms with E-state index in [9.17, 15) is 21.2 Å². The highest BCUT2D eigenvalue weighted by Crippen LogP contribution is 2.26. The molecule has 0 spiro atoms. The molecule has 1 unspecified atom stereocenters. The Kier molecular flexibility index (Phi) is 4.47. The zero-order valence-electron chi connectivity index (χ0n) is 12.3. The molecule has 0 amide bonds. The van der Waals surface area contributed by atoms with E-state index >= 15 is 0 Å². The Bertz CT molecular complexity index is 840. The number of nitrogens with two attached hydrogens (primary N) is 1. The van der Waals surface area contributed by atoms with Gasteiger partial charge in [-0.2, -0.15) is 22.6 Å². The topological polar surface area (TPSA) is 125 Å². The van der Waals surface area contributed by atoms with E-state index in [0.717, 1.165) is 16.7 Å². The predicted molar refractivity (Wildman–Crippen MR) is 82.0 cm³/mol. The second kappa shape index (κ2) is 5.79. The van der Waals surface area contributed by atoms with Gasteiger partial charge in [0, 0.05) is 20.5 Å². The number of halogens is 1. The van der Waals surface area contributed by atoms with Crippen molar-refractivity contribution in [3.63, 3.8) is 0 Å². The van der Waals surface area contributed by atoms with Gasteiger partial charge in [-0.25, -0.2) is 22.9 Å². The first kappa shape index (κ1) is 17.7. The van der Waals surface area contributed by atoms with E-state index in [4.69, 9.17) is 5.14 Å². The molecule has 1 aromatic rings. The lowest BCUT2D eigenvalue weighted by atomic mass is 10.1. The van der Waals surface area contributed by atoms with Gasteiger partial charge >= 0.3 is 10.2 Å². The lowest BCUT2D eigenvalue weighted by Gasteiger charge is -2.28. The lowest BCUT2D eigenvalue weighted by Crippen LogP contribution is -2.58. The number of hydrogen-bond acceptors (Lipinski definition) is 6. The molecule has 23 heavy (non-hydrogen) atoms. The fraction of sp³-hybridized carbons (Fsp3) is 0.364. The Hall–Kier alpha value is -1.60. The van der Waals surface area contributed by atoms with Crippen LogP contribution < -0.4 is 10.6 Å². The van der Waals surface area contributed by atoms with Gasteiger partial charge in [0.2, 0.25) is 4.99 Å². The lowest BCUT2D eigenvalue weighted by molar-refractivity contribution is 0.342. The van der Waals surface area contributed by atoms with Crippen LogP contribution in [0.5, 0.6) is 0 Å². The normalized spacial score (nSPS) is 22.0. The van der Waals surface area contributed by atoms with Crippen molar-refractivity contribution in [3.8, 4) is 0 Å². The fourth-order valence-corrected chi connectivity index (χ4v) is 3.51. The van der Waals surface area contributed by atoms with Crippen molar-refractivity contribution >= 4 is 26.6 Å². The van der Waals surface area contributed by atoms with Crippen molar-refractivity contribution in [2.45, 2.75) is 11.4 Å². The Balaban J connectivity index is 2.43. The van der Waals surface area contributed by atoms with Crippen molar-refractivity contribution < 1.29 is 21.2 Å². The van der Waals surface area contributed by atoms with Crippen LogP contribution in [-0.2, 0) is 26.7 Å². The highest BCUT2D eigenvalue weighted by Gasteiger charge is 2.49. The van der Waals surface area contributed by atoms with E-state index in [-0.39, 0.29) is 5.56 Å². The fourth-order valence-electron chi connectivity index (χ4n) is 1.89. The summed E-state index contributed by atoms with van der Waals surface area (Å²) in [5, 5.41) is 5.19. The molecule has 0 saturated carbocycles. The number of rotatable bonds is 5. The van der Waals surface area contributed by atoms with E-state index in [2.05, 4.69) is 10.4 Å². The summed E-state index contributed by atoms with van der Waals surface area (Å²) in [5.74, 6) is -0.651. The minimum absolute atomic E-state index is 0.0234. The molecule has 1 atom stereocenters. The van der Waals surface area contributed by atoms with Gasteiger partial charge in [-0.3, -0.25) is 0 Å². The van der Waals surface area contributed by atoms with Crippen LogP contribution in [0.1, 0.15) is 5.56 Å². The van der Waals surface area contributed by atoms with Crippen LogP contribution >= 0.6 is 0 Å². The summed E-state index contributed by atoms with van der Waals surface area (Å²) in [7, 11) is -5.89. The minimum atomic E-state index is -4.40. The van der Waals surface area contributed by atoms with Crippen molar-refractivity contribution in [1.82, 2.24) is 14.1 Å². The van der Waals surface area contributed by atoms with Gasteiger partial charge in [0.25, 0.3) is 10.0 Å². The zero-order chi connectivity index (χ0) is 17.5. The molecule has 1 aromatic carbocycles. The van der Waals surface area contributed by atoms with Crippen molar-refractivity contribution in [3.05, 3.63) is 35.6 Å². The molecule has 128 valence electrons. The van der Waals surface area contributed by atoms with Crippen molar-refractivity contribution in [1.29, 1.82) is 0 Å². The number of hydrogen-bond donors (Lipinski definition) is 2. The molecule has 0 radical (unpaired) electrons. The third kappa shape index (κ3) is 3.21. The molecule has 12 heteroatoms. The minimum Gasteiger partial charge on any atom is -0.232 e. The number of sulfonamides is 1. The zero-order valence-corrected chi connectivity index (χ0v) is 14.0. The molecule has 0 aromatic heterocycles. The van der Waals surface area contributed by atoms with Crippen LogP contribution in [0.3, 0.4) is 0 Å². The monoisotopic (exact) mass is 365 g/mol. The maximum atomic E-state index is 13.8. The number of primary sulfonamides is 1. The van der Waals surface area contributed by atoms with Gasteiger partial charge in [-0.15, -0.1) is 0 Å². The molecule has 0 fully saturated rings. The molecule has 0 saturated heterocycles. The third-order valence-corrected chi connectivity index (χ3v) is 6.11. The molecular weight excluding hydrogens is 349 g/mol. The maximum Gasteiger partial charge on any atom is 0.318 e. The van der Waals surface area contributed by atoms with Crippen LogP contribution in [0.15, 0.2) is 29.3 Å². The highest BCUT2D eigenvalue weighted by atomic mass is 32.2. The van der Waals surface area contributed by atoms with Crippen LogP contribution in [0, 0.1) is 5.82 Å². The quantitative estimate of drug-likeness (QED) is 0.690. The van der Waals surface area contributed by atoms with Crippen LogP contribution in [0.4, 0.5) is 4.39 Å². The summed E-state index contributed by atoms with van der Waals surface area (Å²) in [4.78, 5) is 1.50. The Labute approximate surface area is 133 Å². The summed E-state index contributed by atoms with van der Waals surface area (Å²) in [6.45, 7) is 0. The van der Waals surface area contributed by atoms with Crippen LogP contribution in [-0.4, -0.2) is 51.0 Å². The molecule has 1 aliphatic rings. The number of benzene rings is 1. The Morgan fingerprint density at radius 3 is 2.43 bits per heavy atom. The second-order valence-electron chi connectivity index (χ2n) is 5.04. The molecule has 0 bridgehead atoms. The molecule has 3 N–H and O–H groups in total. The SMILES string of the molecule is CN(C)S(=O)(=O)N1C=NC(Cc2ccccc2F)(S(N)(=O)=O)N1. The standard InChI is InChI=1S/C11H16FN5O4S2/c1-16(2)23(20,21)17-8-14-11(15-17,22(13,18)19)7-9-5-3-4-6-10(9)12/h3-6,8,15H,7H2,1-2H3,(H2,13,18,19). The van der Waals surface area contributed by atoms with E-state index in [1.807, 2.05) is 0 Å². The molecule has 2 rings (SSSR count). The summed E-state index contributed by atoms with van der Waals surface area (Å²) in [5.41, 5.74) is 2.27. The first-order chi connectivity index (χ1) is 10.5. The van der Waals surface area contributed by atoms with E-state index in [0.29, 0.717) is 4.41 Å². The summed E-state index contributed by atoms with van der Waals surface area (Å²) < 4.78 is 63.2. The largest absolute Gasteiger partial charge is 0.318 e. The van der Waals surface area contributed by atoms with Gasteiger partial charge in [-0.05, 0) is 11.6 Å². The average molecular weight is 365 g/mol. The highest BCUT2D eigenvalue weighted by molar-refractivity contribution is 7.90. The van der Waals surface area contributed by atoms with Gasteiger partial charge in [0.1, 0.15) is 12.2 Å². The van der Waals surface area contributed by atoms with Crippen LogP contribution in [0.2, 0.25) is 0 Å². The van der Waals surface area contributed by atoms with Crippen molar-refractivity contribution in [2.24, 2.45) is 10.1 Å². The van der Waals surface area contributed by atoms with Gasteiger partial charge in [-0.1, -0.05) is 18.2 Å².